The van der Waals surface area contributed by atoms with Crippen LogP contribution in [0.5, 0.6) is 0 Å². The van der Waals surface area contributed by atoms with E-state index in [4.69, 9.17) is 4.98 Å². The molecule has 0 unspecified atom stereocenters. The number of aryl methyl sites for hydroxylation is 2. The predicted molar refractivity (Wildman–Crippen MR) is 116 cm³/mol. The summed E-state index contributed by atoms with van der Waals surface area (Å²) < 4.78 is 2.01. The molecule has 5 nitrogen and oxygen atoms in total. The molecule has 0 bridgehead atoms. The molecule has 4 rings (SSSR count). The maximum atomic E-state index is 13.1. The minimum atomic E-state index is -0.0555. The Bertz CT molecular complexity index is 1130. The number of amides is 1. The zero-order valence-electron chi connectivity index (χ0n) is 16.7. The smallest absolute Gasteiger partial charge is 0.252 e. The first-order valence-electron chi connectivity index (χ1n) is 9.84. The number of fused-ring (bicyclic) bond motifs is 1. The molecule has 0 saturated carbocycles. The van der Waals surface area contributed by atoms with Crippen molar-refractivity contribution < 1.29 is 4.79 Å². The summed E-state index contributed by atoms with van der Waals surface area (Å²) in [5.74, 6) is -0.0555. The van der Waals surface area contributed by atoms with Crippen molar-refractivity contribution in [2.75, 3.05) is 6.54 Å². The second-order valence-corrected chi connectivity index (χ2v) is 7.25. The van der Waals surface area contributed by atoms with Crippen molar-refractivity contribution in [3.05, 3.63) is 83.9 Å². The van der Waals surface area contributed by atoms with Crippen LogP contribution in [0, 0.1) is 13.8 Å². The van der Waals surface area contributed by atoms with Gasteiger partial charge in [0, 0.05) is 36.4 Å². The summed E-state index contributed by atoms with van der Waals surface area (Å²) >= 11 is 0. The second-order valence-electron chi connectivity index (χ2n) is 7.25. The van der Waals surface area contributed by atoms with Gasteiger partial charge in [-0.3, -0.25) is 4.79 Å². The summed E-state index contributed by atoms with van der Waals surface area (Å²) in [7, 11) is 0. The first kappa shape index (κ1) is 18.9. The van der Waals surface area contributed by atoms with Gasteiger partial charge in [0.05, 0.1) is 23.1 Å². The highest BCUT2D eigenvalue weighted by atomic mass is 16.1. The third kappa shape index (κ3) is 4.04. The Balaban J connectivity index is 1.63. The maximum absolute atomic E-state index is 13.1. The Kier molecular flexibility index (Phi) is 5.38. The standard InChI is InChI=1S/C24H24N4O/c1-17-8-10-19(11-9-17)23-18(2)22(20-6-3-4-7-21(20)27-23)24(29)26-12-5-14-28-15-13-25-16-28/h3-4,6-11,13,15-16H,5,12,14H2,1-2H3,(H,26,29). The van der Waals surface area contributed by atoms with E-state index in [0.717, 1.165) is 40.7 Å². The maximum Gasteiger partial charge on any atom is 0.252 e. The van der Waals surface area contributed by atoms with Crippen molar-refractivity contribution >= 4 is 16.8 Å². The molecule has 0 fully saturated rings. The average Bonchev–Trinajstić information content (AvgIpc) is 3.25. The molecule has 2 heterocycles. The van der Waals surface area contributed by atoms with E-state index in [2.05, 4.69) is 41.5 Å². The summed E-state index contributed by atoms with van der Waals surface area (Å²) in [5.41, 5.74) is 5.51. The summed E-state index contributed by atoms with van der Waals surface area (Å²) in [5, 5.41) is 3.96. The van der Waals surface area contributed by atoms with E-state index in [9.17, 15) is 4.79 Å². The molecule has 1 N–H and O–H groups in total. The zero-order valence-corrected chi connectivity index (χ0v) is 16.7. The lowest BCUT2D eigenvalue weighted by Gasteiger charge is -2.15. The fraction of sp³-hybridized carbons (Fsp3) is 0.208. The van der Waals surface area contributed by atoms with E-state index in [1.165, 1.54) is 5.56 Å². The molecular formula is C24H24N4O. The van der Waals surface area contributed by atoms with Gasteiger partial charge in [-0.05, 0) is 31.9 Å². The van der Waals surface area contributed by atoms with Crippen molar-refractivity contribution in [1.29, 1.82) is 0 Å². The minimum absolute atomic E-state index is 0.0555. The highest BCUT2D eigenvalue weighted by Gasteiger charge is 2.18. The lowest BCUT2D eigenvalue weighted by Crippen LogP contribution is -2.26. The molecule has 29 heavy (non-hydrogen) atoms. The van der Waals surface area contributed by atoms with Crippen molar-refractivity contribution in [3.8, 4) is 11.3 Å². The van der Waals surface area contributed by atoms with Crippen molar-refractivity contribution in [2.45, 2.75) is 26.8 Å². The van der Waals surface area contributed by atoms with Gasteiger partial charge in [0.1, 0.15) is 0 Å². The highest BCUT2D eigenvalue weighted by Crippen LogP contribution is 2.29. The summed E-state index contributed by atoms with van der Waals surface area (Å²) in [4.78, 5) is 22.0. The first-order chi connectivity index (χ1) is 14.1. The number of carbonyl (C=O) groups is 1. The number of pyridine rings is 1. The number of rotatable bonds is 6. The van der Waals surface area contributed by atoms with Crippen LogP contribution < -0.4 is 5.32 Å². The molecule has 0 saturated heterocycles. The molecule has 2 aromatic carbocycles. The zero-order chi connectivity index (χ0) is 20.2. The van der Waals surface area contributed by atoms with E-state index in [-0.39, 0.29) is 5.91 Å². The quantitative estimate of drug-likeness (QED) is 0.497. The average molecular weight is 384 g/mol. The van der Waals surface area contributed by atoms with E-state index < -0.39 is 0 Å². The molecule has 2 aromatic heterocycles. The van der Waals surface area contributed by atoms with Crippen molar-refractivity contribution in [2.24, 2.45) is 0 Å². The fourth-order valence-electron chi connectivity index (χ4n) is 3.56. The van der Waals surface area contributed by atoms with Crippen molar-refractivity contribution in [1.82, 2.24) is 19.9 Å². The normalized spacial score (nSPS) is 11.0. The predicted octanol–water partition coefficient (Wildman–Crippen LogP) is 4.54. The number of imidazole rings is 1. The number of hydrogen-bond acceptors (Lipinski definition) is 3. The van der Waals surface area contributed by atoms with Crippen molar-refractivity contribution in [3.63, 3.8) is 0 Å². The van der Waals surface area contributed by atoms with E-state index >= 15 is 0 Å². The van der Waals surface area contributed by atoms with Crippen LogP contribution in [0.1, 0.15) is 27.9 Å². The van der Waals surface area contributed by atoms with Gasteiger partial charge in [-0.15, -0.1) is 0 Å². The molecule has 0 aliphatic rings. The Labute approximate surface area is 170 Å². The summed E-state index contributed by atoms with van der Waals surface area (Å²) in [6.45, 7) is 5.47. The number of benzene rings is 2. The van der Waals surface area contributed by atoms with E-state index in [1.807, 2.05) is 42.0 Å². The van der Waals surface area contributed by atoms with Crippen LogP contribution in [0.15, 0.2) is 67.3 Å². The third-order valence-electron chi connectivity index (χ3n) is 5.13. The summed E-state index contributed by atoms with van der Waals surface area (Å²) in [6, 6.07) is 16.1. The monoisotopic (exact) mass is 384 g/mol. The molecular weight excluding hydrogens is 360 g/mol. The van der Waals surface area contributed by atoms with Gasteiger partial charge in [-0.25, -0.2) is 9.97 Å². The topological polar surface area (TPSA) is 59.8 Å². The van der Waals surface area contributed by atoms with Crippen LogP contribution in [0.25, 0.3) is 22.2 Å². The molecule has 0 radical (unpaired) electrons. The Morgan fingerprint density at radius 2 is 1.86 bits per heavy atom. The minimum Gasteiger partial charge on any atom is -0.352 e. The molecule has 5 heteroatoms. The van der Waals surface area contributed by atoms with E-state index in [1.54, 1.807) is 12.5 Å². The van der Waals surface area contributed by atoms with Gasteiger partial charge in [-0.2, -0.15) is 0 Å². The van der Waals surface area contributed by atoms with Crippen LogP contribution in [-0.2, 0) is 6.54 Å². The highest BCUT2D eigenvalue weighted by molar-refractivity contribution is 6.08. The first-order valence-corrected chi connectivity index (χ1v) is 9.84. The van der Waals surface area contributed by atoms with Crippen LogP contribution in [0.4, 0.5) is 0 Å². The Hall–Kier alpha value is -3.47. The summed E-state index contributed by atoms with van der Waals surface area (Å²) in [6.07, 6.45) is 6.32. The fourth-order valence-corrected chi connectivity index (χ4v) is 3.56. The second kappa shape index (κ2) is 8.27. The number of nitrogens with zero attached hydrogens (tertiary/aromatic N) is 3. The molecule has 0 aliphatic carbocycles. The number of nitrogens with one attached hydrogen (secondary N) is 1. The molecule has 0 atom stereocenters. The van der Waals surface area contributed by atoms with Gasteiger partial charge in [0.15, 0.2) is 0 Å². The Morgan fingerprint density at radius 1 is 1.07 bits per heavy atom. The lowest BCUT2D eigenvalue weighted by atomic mass is 9.96. The van der Waals surface area contributed by atoms with Gasteiger partial charge >= 0.3 is 0 Å². The molecule has 4 aromatic rings. The molecule has 0 spiro atoms. The van der Waals surface area contributed by atoms with Crippen LogP contribution in [-0.4, -0.2) is 27.0 Å². The molecule has 0 aliphatic heterocycles. The van der Waals surface area contributed by atoms with Crippen LogP contribution in [0.3, 0.4) is 0 Å². The van der Waals surface area contributed by atoms with Gasteiger partial charge < -0.3 is 9.88 Å². The SMILES string of the molecule is Cc1ccc(-c2nc3ccccc3c(C(=O)NCCCn3ccnc3)c2C)cc1. The largest absolute Gasteiger partial charge is 0.352 e. The number of hydrogen-bond donors (Lipinski definition) is 1. The lowest BCUT2D eigenvalue weighted by molar-refractivity contribution is 0.0954. The number of carbonyl (C=O) groups excluding carboxylic acids is 1. The van der Waals surface area contributed by atoms with Gasteiger partial charge in [0.25, 0.3) is 5.91 Å². The third-order valence-corrected chi connectivity index (χ3v) is 5.13. The molecule has 146 valence electrons. The number of para-hydroxylation sites is 1. The van der Waals surface area contributed by atoms with E-state index in [0.29, 0.717) is 12.1 Å². The van der Waals surface area contributed by atoms with Crippen LogP contribution >= 0.6 is 0 Å². The number of aromatic nitrogens is 3. The Morgan fingerprint density at radius 3 is 2.62 bits per heavy atom. The molecule has 1 amide bonds. The van der Waals surface area contributed by atoms with Gasteiger partial charge in [-0.1, -0.05) is 48.0 Å². The van der Waals surface area contributed by atoms with Crippen LogP contribution in [0.2, 0.25) is 0 Å². The van der Waals surface area contributed by atoms with Gasteiger partial charge in [0.2, 0.25) is 0 Å².